The molecule has 0 unspecified atom stereocenters. The van der Waals surface area contributed by atoms with E-state index >= 15 is 0 Å². The van der Waals surface area contributed by atoms with Crippen LogP contribution in [0.5, 0.6) is 0 Å². The Morgan fingerprint density at radius 1 is 1.42 bits per heavy atom. The predicted octanol–water partition coefficient (Wildman–Crippen LogP) is 1.00. The highest BCUT2D eigenvalue weighted by atomic mass is 16.5. The smallest absolute Gasteiger partial charge is 0.224 e. The lowest BCUT2D eigenvalue weighted by Gasteiger charge is -2.23. The normalized spacial score (nSPS) is 24.3. The summed E-state index contributed by atoms with van der Waals surface area (Å²) in [5, 5.41) is 3.32. The summed E-state index contributed by atoms with van der Waals surface area (Å²) >= 11 is 0. The lowest BCUT2D eigenvalue weighted by atomic mass is 10.1. The zero-order valence-corrected chi connectivity index (χ0v) is 14.7. The molecule has 132 valence electrons. The van der Waals surface area contributed by atoms with Crippen LogP contribution >= 0.6 is 0 Å². The monoisotopic (exact) mass is 333 g/mol. The van der Waals surface area contributed by atoms with Gasteiger partial charge >= 0.3 is 0 Å². The van der Waals surface area contributed by atoms with E-state index in [9.17, 15) is 0 Å². The molecule has 1 fully saturated rings. The fourth-order valence-corrected chi connectivity index (χ4v) is 3.20. The summed E-state index contributed by atoms with van der Waals surface area (Å²) < 4.78 is 11.0. The molecule has 1 aromatic rings. The van der Waals surface area contributed by atoms with Crippen LogP contribution < -0.4 is 10.2 Å². The van der Waals surface area contributed by atoms with Crippen molar-refractivity contribution in [3.8, 4) is 0 Å². The Labute approximate surface area is 143 Å². The van der Waals surface area contributed by atoms with Gasteiger partial charge in [0.05, 0.1) is 25.4 Å². The highest BCUT2D eigenvalue weighted by Gasteiger charge is 2.34. The summed E-state index contributed by atoms with van der Waals surface area (Å²) in [6, 6.07) is 2.33. The number of likely N-dealkylation sites (N-methyl/N-ethyl adjacent to an activating group) is 1. The van der Waals surface area contributed by atoms with Crippen molar-refractivity contribution in [2.45, 2.75) is 18.6 Å². The number of anilines is 2. The Hall–Kier alpha value is -1.70. The number of nitrogens with zero attached hydrogens (tertiary/aromatic N) is 4. The quantitative estimate of drug-likeness (QED) is 0.779. The van der Waals surface area contributed by atoms with Crippen LogP contribution in [0.2, 0.25) is 0 Å². The van der Waals surface area contributed by atoms with Crippen molar-refractivity contribution in [3.05, 3.63) is 23.9 Å². The fourth-order valence-electron chi connectivity index (χ4n) is 3.20. The third-order valence-corrected chi connectivity index (χ3v) is 4.70. The number of ether oxygens (including phenoxy) is 2. The lowest BCUT2D eigenvalue weighted by molar-refractivity contribution is 0.0639. The Morgan fingerprint density at radius 3 is 2.96 bits per heavy atom. The highest BCUT2D eigenvalue weighted by Crippen LogP contribution is 2.23. The Balaban J connectivity index is 1.63. The van der Waals surface area contributed by atoms with Gasteiger partial charge in [-0.15, -0.1) is 0 Å². The number of nitrogens with one attached hydrogen (secondary N) is 1. The molecular formula is C17H27N5O2. The van der Waals surface area contributed by atoms with Crippen molar-refractivity contribution < 1.29 is 9.47 Å². The van der Waals surface area contributed by atoms with Gasteiger partial charge in [0.25, 0.3) is 0 Å². The molecule has 1 N–H and O–H groups in total. The summed E-state index contributed by atoms with van der Waals surface area (Å²) in [7, 11) is 5.96. The van der Waals surface area contributed by atoms with Crippen LogP contribution in [0.4, 0.5) is 11.8 Å². The summed E-state index contributed by atoms with van der Waals surface area (Å²) in [5.41, 5.74) is 1.35. The molecule has 2 atom stereocenters. The first-order valence-electron chi connectivity index (χ1n) is 8.44. The number of aromatic nitrogens is 2. The SMILES string of the molecule is CO[C@@H]1CN(c2ccnc(NCC3=CCOCC3)n2)C[C@@H]1N(C)C. The van der Waals surface area contributed by atoms with Crippen LogP contribution in [0.3, 0.4) is 0 Å². The van der Waals surface area contributed by atoms with Gasteiger partial charge in [0, 0.05) is 32.9 Å². The van der Waals surface area contributed by atoms with Gasteiger partial charge in [-0.25, -0.2) is 4.98 Å². The summed E-state index contributed by atoms with van der Waals surface area (Å²) in [6.45, 7) is 4.03. The van der Waals surface area contributed by atoms with E-state index in [1.54, 1.807) is 7.11 Å². The molecular weight excluding hydrogens is 306 g/mol. The van der Waals surface area contributed by atoms with Gasteiger partial charge in [0.2, 0.25) is 5.95 Å². The maximum Gasteiger partial charge on any atom is 0.224 e. The van der Waals surface area contributed by atoms with Gasteiger partial charge in [-0.1, -0.05) is 11.6 Å². The van der Waals surface area contributed by atoms with Crippen LogP contribution in [-0.4, -0.2) is 81.1 Å². The van der Waals surface area contributed by atoms with Gasteiger partial charge in [-0.3, -0.25) is 0 Å². The molecule has 3 rings (SSSR count). The van der Waals surface area contributed by atoms with E-state index in [0.717, 1.165) is 38.5 Å². The molecule has 1 aromatic heterocycles. The molecule has 7 nitrogen and oxygen atoms in total. The lowest BCUT2D eigenvalue weighted by Crippen LogP contribution is -2.39. The molecule has 3 heterocycles. The number of hydrogen-bond acceptors (Lipinski definition) is 7. The second-order valence-corrected chi connectivity index (χ2v) is 6.49. The van der Waals surface area contributed by atoms with Crippen LogP contribution in [-0.2, 0) is 9.47 Å². The fraction of sp³-hybridized carbons (Fsp3) is 0.647. The molecule has 0 amide bonds. The summed E-state index contributed by atoms with van der Waals surface area (Å²) in [4.78, 5) is 13.5. The average molecular weight is 333 g/mol. The van der Waals surface area contributed by atoms with E-state index in [1.165, 1.54) is 5.57 Å². The minimum Gasteiger partial charge on any atom is -0.378 e. The average Bonchev–Trinajstić information content (AvgIpc) is 3.06. The molecule has 1 saturated heterocycles. The third kappa shape index (κ3) is 4.03. The topological polar surface area (TPSA) is 62.8 Å². The van der Waals surface area contributed by atoms with Crippen molar-refractivity contribution in [2.75, 3.05) is 64.3 Å². The van der Waals surface area contributed by atoms with E-state index < -0.39 is 0 Å². The van der Waals surface area contributed by atoms with Gasteiger partial charge in [-0.05, 0) is 26.6 Å². The van der Waals surface area contributed by atoms with Gasteiger partial charge in [0.1, 0.15) is 5.82 Å². The van der Waals surface area contributed by atoms with Gasteiger partial charge < -0.3 is 24.6 Å². The first-order chi connectivity index (χ1) is 11.7. The summed E-state index contributed by atoms with van der Waals surface area (Å²) in [6.07, 6.45) is 5.11. The van der Waals surface area contributed by atoms with Crippen LogP contribution in [0.15, 0.2) is 23.9 Å². The molecule has 24 heavy (non-hydrogen) atoms. The molecule has 0 radical (unpaired) electrons. The Kier molecular flexibility index (Phi) is 5.65. The van der Waals surface area contributed by atoms with Crippen molar-refractivity contribution in [1.82, 2.24) is 14.9 Å². The predicted molar refractivity (Wildman–Crippen MR) is 94.5 cm³/mol. The molecule has 0 bridgehead atoms. The van der Waals surface area contributed by atoms with E-state index in [2.05, 4.69) is 45.3 Å². The summed E-state index contributed by atoms with van der Waals surface area (Å²) in [5.74, 6) is 1.61. The maximum absolute atomic E-state index is 5.63. The molecule has 0 aromatic carbocycles. The zero-order valence-electron chi connectivity index (χ0n) is 14.7. The number of rotatable bonds is 6. The first kappa shape index (κ1) is 17.1. The van der Waals surface area contributed by atoms with Crippen LogP contribution in [0.25, 0.3) is 0 Å². The molecule has 0 aliphatic carbocycles. The Bertz CT molecular complexity index is 578. The highest BCUT2D eigenvalue weighted by molar-refractivity contribution is 5.45. The maximum atomic E-state index is 5.63. The second kappa shape index (κ2) is 7.92. The van der Waals surface area contributed by atoms with E-state index in [4.69, 9.17) is 9.47 Å². The molecule has 2 aliphatic heterocycles. The molecule has 0 saturated carbocycles. The Morgan fingerprint density at radius 2 is 2.29 bits per heavy atom. The largest absolute Gasteiger partial charge is 0.378 e. The number of methoxy groups -OCH3 is 1. The van der Waals surface area contributed by atoms with Crippen molar-refractivity contribution in [1.29, 1.82) is 0 Å². The van der Waals surface area contributed by atoms with Crippen molar-refractivity contribution in [2.24, 2.45) is 0 Å². The van der Waals surface area contributed by atoms with Gasteiger partial charge in [0.15, 0.2) is 0 Å². The first-order valence-corrected chi connectivity index (χ1v) is 8.44. The van der Waals surface area contributed by atoms with Crippen LogP contribution in [0, 0.1) is 0 Å². The van der Waals surface area contributed by atoms with Crippen molar-refractivity contribution >= 4 is 11.8 Å². The standard InChI is InChI=1S/C17H27N5O2/c1-21(2)14-11-22(12-15(14)23-3)16-4-7-18-17(20-16)19-10-13-5-8-24-9-6-13/h4-5,7,14-15H,6,8-12H2,1-3H3,(H,18,19,20)/t14-,15+/m0/s1. The molecule has 2 aliphatic rings. The molecule has 7 heteroatoms. The minimum atomic E-state index is 0.193. The zero-order chi connectivity index (χ0) is 16.9. The third-order valence-electron chi connectivity index (χ3n) is 4.70. The number of hydrogen-bond donors (Lipinski definition) is 1. The second-order valence-electron chi connectivity index (χ2n) is 6.49. The van der Waals surface area contributed by atoms with Gasteiger partial charge in [-0.2, -0.15) is 4.98 Å². The minimum absolute atomic E-state index is 0.193. The van der Waals surface area contributed by atoms with E-state index in [0.29, 0.717) is 18.6 Å². The molecule has 0 spiro atoms. The van der Waals surface area contributed by atoms with E-state index in [1.807, 2.05) is 12.3 Å². The van der Waals surface area contributed by atoms with E-state index in [-0.39, 0.29) is 6.10 Å². The van der Waals surface area contributed by atoms with Crippen LogP contribution in [0.1, 0.15) is 6.42 Å². The van der Waals surface area contributed by atoms with Crippen molar-refractivity contribution in [3.63, 3.8) is 0 Å².